The molecule has 1 rings (SSSR count). The topological polar surface area (TPSA) is 49.7 Å². The summed E-state index contributed by atoms with van der Waals surface area (Å²) in [6.45, 7) is 3.47. The van der Waals surface area contributed by atoms with Gasteiger partial charge in [0, 0.05) is 6.21 Å². The quantitative estimate of drug-likeness (QED) is 0.646. The summed E-state index contributed by atoms with van der Waals surface area (Å²) in [5.41, 5.74) is -0.536. The van der Waals surface area contributed by atoms with Gasteiger partial charge in [-0.05, 0) is 19.9 Å². The number of carbonyl (C=O) groups is 1. The highest BCUT2D eigenvalue weighted by Crippen LogP contribution is 2.25. The molecular weight excluding hydrogens is 142 g/mol. The zero-order valence-electron chi connectivity index (χ0n) is 6.61. The number of hydrogen-bond acceptors (Lipinski definition) is 2. The summed E-state index contributed by atoms with van der Waals surface area (Å²) in [5, 5.41) is 8.70. The van der Waals surface area contributed by atoms with Crippen LogP contribution in [0.25, 0.3) is 0 Å². The van der Waals surface area contributed by atoms with Crippen molar-refractivity contribution in [2.24, 2.45) is 10.9 Å². The van der Waals surface area contributed by atoms with E-state index in [9.17, 15) is 4.79 Å². The Labute approximate surface area is 65.4 Å². The Hall–Kier alpha value is -1.12. The summed E-state index contributed by atoms with van der Waals surface area (Å²) in [6.07, 6.45) is 5.23. The third kappa shape index (κ3) is 1.31. The second kappa shape index (κ2) is 2.49. The first kappa shape index (κ1) is 7.98. The molecule has 0 amide bonds. The molecule has 3 heteroatoms. The average molecular weight is 153 g/mol. The van der Waals surface area contributed by atoms with E-state index in [4.69, 9.17) is 5.11 Å². The third-order valence-corrected chi connectivity index (χ3v) is 2.12. The molecule has 0 aromatic heterocycles. The monoisotopic (exact) mass is 153 g/mol. The van der Waals surface area contributed by atoms with Gasteiger partial charge in [-0.3, -0.25) is 9.79 Å². The molecule has 1 heterocycles. The van der Waals surface area contributed by atoms with E-state index >= 15 is 0 Å². The summed E-state index contributed by atoms with van der Waals surface area (Å²) >= 11 is 0. The van der Waals surface area contributed by atoms with Gasteiger partial charge >= 0.3 is 5.97 Å². The lowest BCUT2D eigenvalue weighted by Gasteiger charge is -2.22. The largest absolute Gasteiger partial charge is 0.481 e. The molecule has 0 saturated heterocycles. The average Bonchev–Trinajstić information content (AvgIpc) is 2.35. The van der Waals surface area contributed by atoms with Gasteiger partial charge in [0.1, 0.15) is 0 Å². The van der Waals surface area contributed by atoms with E-state index in [-0.39, 0.29) is 0 Å². The molecule has 3 nitrogen and oxygen atoms in total. The predicted octanol–water partition coefficient (Wildman–Crippen LogP) is 1.11. The van der Waals surface area contributed by atoms with Crippen molar-refractivity contribution in [3.05, 3.63) is 12.2 Å². The number of carboxylic acids is 1. The molecule has 0 saturated carbocycles. The normalized spacial score (nSPS) is 30.7. The minimum absolute atomic E-state index is 0.461. The smallest absolute Gasteiger partial charge is 0.309 e. The molecule has 2 unspecified atom stereocenters. The van der Waals surface area contributed by atoms with Crippen LogP contribution in [0.2, 0.25) is 0 Å². The first-order chi connectivity index (χ1) is 5.06. The molecule has 0 aliphatic carbocycles. The van der Waals surface area contributed by atoms with Crippen molar-refractivity contribution in [1.82, 2.24) is 0 Å². The van der Waals surface area contributed by atoms with Crippen LogP contribution in [-0.4, -0.2) is 22.8 Å². The van der Waals surface area contributed by atoms with Crippen LogP contribution in [0.5, 0.6) is 0 Å². The third-order valence-electron chi connectivity index (χ3n) is 2.12. The van der Waals surface area contributed by atoms with Crippen molar-refractivity contribution in [2.75, 3.05) is 0 Å². The van der Waals surface area contributed by atoms with Crippen molar-refractivity contribution in [3.63, 3.8) is 0 Å². The molecule has 0 aromatic rings. The Kier molecular flexibility index (Phi) is 1.81. The van der Waals surface area contributed by atoms with Crippen molar-refractivity contribution >= 4 is 12.2 Å². The molecule has 1 N–H and O–H groups in total. The van der Waals surface area contributed by atoms with Crippen LogP contribution in [0.15, 0.2) is 17.1 Å². The molecule has 11 heavy (non-hydrogen) atoms. The maximum Gasteiger partial charge on any atom is 0.309 e. The second-order valence-corrected chi connectivity index (χ2v) is 2.92. The highest BCUT2D eigenvalue weighted by molar-refractivity contribution is 5.79. The molecule has 0 aromatic carbocycles. The van der Waals surface area contributed by atoms with Crippen molar-refractivity contribution in [3.8, 4) is 0 Å². The summed E-state index contributed by atoms with van der Waals surface area (Å²) in [7, 11) is 0. The number of rotatable bonds is 2. The van der Waals surface area contributed by atoms with Crippen LogP contribution < -0.4 is 0 Å². The molecule has 0 bridgehead atoms. The molecule has 0 spiro atoms. The van der Waals surface area contributed by atoms with Gasteiger partial charge in [0.15, 0.2) is 0 Å². The summed E-state index contributed by atoms with van der Waals surface area (Å²) in [6, 6.07) is 0. The zero-order chi connectivity index (χ0) is 8.48. The molecular formula is C8H11NO2. The van der Waals surface area contributed by atoms with Crippen LogP contribution in [0.3, 0.4) is 0 Å². The number of aliphatic imine (C=N–C) groups is 1. The van der Waals surface area contributed by atoms with E-state index < -0.39 is 17.4 Å². The summed E-state index contributed by atoms with van der Waals surface area (Å²) in [5.74, 6) is -1.27. The Balaban J connectivity index is 2.81. The van der Waals surface area contributed by atoms with Crippen LogP contribution in [-0.2, 0) is 4.79 Å². The molecule has 60 valence electrons. The maximum absolute atomic E-state index is 10.6. The standard InChI is InChI=1S/C8H11NO2/c1-6(7(10)11)8(2)4-3-5-9-8/h3-6H,1-2H3,(H,10,11). The van der Waals surface area contributed by atoms with Crippen molar-refractivity contribution in [1.29, 1.82) is 0 Å². The van der Waals surface area contributed by atoms with Gasteiger partial charge in [-0.2, -0.15) is 0 Å². The molecule has 0 fully saturated rings. The van der Waals surface area contributed by atoms with Crippen molar-refractivity contribution in [2.45, 2.75) is 19.4 Å². The number of allylic oxidation sites excluding steroid dienone is 1. The predicted molar refractivity (Wildman–Crippen MR) is 42.8 cm³/mol. The second-order valence-electron chi connectivity index (χ2n) is 2.92. The lowest BCUT2D eigenvalue weighted by Crippen LogP contribution is -2.32. The van der Waals surface area contributed by atoms with Gasteiger partial charge in [0.05, 0.1) is 11.5 Å². The fraction of sp³-hybridized carbons (Fsp3) is 0.500. The van der Waals surface area contributed by atoms with E-state index in [1.54, 1.807) is 19.2 Å². The van der Waals surface area contributed by atoms with Crippen LogP contribution in [0.1, 0.15) is 13.8 Å². The molecule has 1 aliphatic rings. The summed E-state index contributed by atoms with van der Waals surface area (Å²) in [4.78, 5) is 14.7. The van der Waals surface area contributed by atoms with E-state index in [1.165, 1.54) is 0 Å². The lowest BCUT2D eigenvalue weighted by atomic mass is 9.88. The highest BCUT2D eigenvalue weighted by Gasteiger charge is 2.33. The van der Waals surface area contributed by atoms with E-state index in [1.807, 2.05) is 13.0 Å². The minimum Gasteiger partial charge on any atom is -0.481 e. The minimum atomic E-state index is -0.809. The number of hydrogen-bond donors (Lipinski definition) is 1. The van der Waals surface area contributed by atoms with Gasteiger partial charge < -0.3 is 5.11 Å². The van der Waals surface area contributed by atoms with Gasteiger partial charge in [-0.1, -0.05) is 6.08 Å². The van der Waals surface area contributed by atoms with E-state index in [0.29, 0.717) is 0 Å². The maximum atomic E-state index is 10.6. The van der Waals surface area contributed by atoms with E-state index in [2.05, 4.69) is 4.99 Å². The molecule has 0 radical (unpaired) electrons. The highest BCUT2D eigenvalue weighted by atomic mass is 16.4. The Morgan fingerprint density at radius 3 is 2.73 bits per heavy atom. The fourth-order valence-electron chi connectivity index (χ4n) is 0.991. The number of aliphatic carboxylic acids is 1. The van der Waals surface area contributed by atoms with E-state index in [0.717, 1.165) is 0 Å². The zero-order valence-corrected chi connectivity index (χ0v) is 6.61. The number of carboxylic acid groups (broad SMARTS) is 1. The Morgan fingerprint density at radius 2 is 2.36 bits per heavy atom. The number of nitrogens with zero attached hydrogens (tertiary/aromatic N) is 1. The van der Waals surface area contributed by atoms with Crippen LogP contribution in [0.4, 0.5) is 0 Å². The lowest BCUT2D eigenvalue weighted by molar-refractivity contribution is -0.142. The first-order valence-electron chi connectivity index (χ1n) is 3.52. The Morgan fingerprint density at radius 1 is 1.73 bits per heavy atom. The SMILES string of the molecule is CC(C(=O)O)C1(C)C=CC=N1. The first-order valence-corrected chi connectivity index (χ1v) is 3.52. The van der Waals surface area contributed by atoms with Gasteiger partial charge in [-0.25, -0.2) is 0 Å². The van der Waals surface area contributed by atoms with Gasteiger partial charge in [0.2, 0.25) is 0 Å². The van der Waals surface area contributed by atoms with Crippen LogP contribution >= 0.6 is 0 Å². The summed E-state index contributed by atoms with van der Waals surface area (Å²) < 4.78 is 0. The van der Waals surface area contributed by atoms with Gasteiger partial charge in [0.25, 0.3) is 0 Å². The van der Waals surface area contributed by atoms with Gasteiger partial charge in [-0.15, -0.1) is 0 Å². The fourth-order valence-corrected chi connectivity index (χ4v) is 0.991. The van der Waals surface area contributed by atoms with Crippen LogP contribution in [0, 0.1) is 5.92 Å². The molecule has 1 aliphatic heterocycles. The van der Waals surface area contributed by atoms with Crippen molar-refractivity contribution < 1.29 is 9.90 Å². The molecule has 2 atom stereocenters. The Bertz CT molecular complexity index is 218.